The molecule has 0 aliphatic rings. The predicted molar refractivity (Wildman–Crippen MR) is 68.4 cm³/mol. The van der Waals surface area contributed by atoms with Crippen LogP contribution in [0.4, 0.5) is 0 Å². The van der Waals surface area contributed by atoms with Gasteiger partial charge in [-0.25, -0.2) is 9.59 Å². The van der Waals surface area contributed by atoms with Crippen molar-refractivity contribution in [3.05, 3.63) is 24.8 Å². The van der Waals surface area contributed by atoms with Crippen LogP contribution in [0.2, 0.25) is 0 Å². The van der Waals surface area contributed by atoms with E-state index in [1.54, 1.807) is 20.8 Å². The molecule has 0 unspecified atom stereocenters. The summed E-state index contributed by atoms with van der Waals surface area (Å²) in [5.41, 5.74) is 4.95. The average molecular weight is 245 g/mol. The number of carbonyl (C=O) groups is 2. The molecule has 0 atom stereocenters. The van der Waals surface area contributed by atoms with Gasteiger partial charge in [-0.05, 0) is 27.8 Å². The summed E-state index contributed by atoms with van der Waals surface area (Å²) >= 11 is 0. The lowest BCUT2D eigenvalue weighted by Gasteiger charge is -1.96. The maximum atomic E-state index is 10.4. The number of carbonyl (C=O) groups excluding carboxylic acids is 2. The third-order valence-electron chi connectivity index (χ3n) is 1.08. The molecular formula is C12H23NO4. The van der Waals surface area contributed by atoms with Gasteiger partial charge in [0, 0.05) is 11.6 Å². The molecule has 0 rings (SSSR count). The third kappa shape index (κ3) is 20.5. The van der Waals surface area contributed by atoms with Crippen molar-refractivity contribution in [1.82, 2.24) is 0 Å². The van der Waals surface area contributed by atoms with E-state index in [0.717, 1.165) is 6.08 Å². The van der Waals surface area contributed by atoms with Crippen LogP contribution in [0, 0.1) is 0 Å². The minimum Gasteiger partial charge on any atom is -0.463 e. The molecule has 0 radical (unpaired) electrons. The fourth-order valence-corrected chi connectivity index (χ4v) is 0.455. The maximum absolute atomic E-state index is 10.4. The molecule has 0 heterocycles. The molecule has 5 heteroatoms. The van der Waals surface area contributed by atoms with Gasteiger partial charge in [-0.3, -0.25) is 0 Å². The lowest BCUT2D eigenvalue weighted by atomic mass is 10.4. The molecule has 0 aliphatic heterocycles. The Labute approximate surface area is 103 Å². The molecule has 0 amide bonds. The van der Waals surface area contributed by atoms with Crippen molar-refractivity contribution in [2.45, 2.75) is 20.8 Å². The molecule has 0 aromatic carbocycles. The number of ether oxygens (including phenoxy) is 2. The van der Waals surface area contributed by atoms with Crippen LogP contribution in [-0.2, 0) is 19.1 Å². The van der Waals surface area contributed by atoms with Gasteiger partial charge < -0.3 is 15.2 Å². The Morgan fingerprint density at radius 1 is 1.18 bits per heavy atom. The highest BCUT2D eigenvalue weighted by Gasteiger charge is 1.98. The van der Waals surface area contributed by atoms with Gasteiger partial charge in [-0.2, -0.15) is 0 Å². The molecule has 17 heavy (non-hydrogen) atoms. The Bertz CT molecular complexity index is 237. The van der Waals surface area contributed by atoms with Gasteiger partial charge >= 0.3 is 11.9 Å². The molecule has 2 N–H and O–H groups in total. The summed E-state index contributed by atoms with van der Waals surface area (Å²) in [5.74, 6) is -0.671. The van der Waals surface area contributed by atoms with E-state index in [1.807, 2.05) is 0 Å². The number of hydrogen-bond acceptors (Lipinski definition) is 5. The van der Waals surface area contributed by atoms with Crippen molar-refractivity contribution in [2.75, 3.05) is 20.3 Å². The quantitative estimate of drug-likeness (QED) is 0.599. The van der Waals surface area contributed by atoms with Crippen LogP contribution in [0.1, 0.15) is 20.8 Å². The van der Waals surface area contributed by atoms with E-state index in [9.17, 15) is 9.59 Å². The van der Waals surface area contributed by atoms with Crippen molar-refractivity contribution in [2.24, 2.45) is 5.73 Å². The lowest BCUT2D eigenvalue weighted by molar-refractivity contribution is -0.138. The van der Waals surface area contributed by atoms with Gasteiger partial charge in [-0.15, -0.1) is 0 Å². The van der Waals surface area contributed by atoms with Crippen molar-refractivity contribution < 1.29 is 19.1 Å². The predicted octanol–water partition coefficient (Wildman–Crippen LogP) is 1.44. The number of hydrogen-bond donors (Lipinski definition) is 1. The van der Waals surface area contributed by atoms with E-state index >= 15 is 0 Å². The zero-order valence-electron chi connectivity index (χ0n) is 11.1. The maximum Gasteiger partial charge on any atom is 0.333 e. The largest absolute Gasteiger partial charge is 0.463 e. The molecule has 0 aromatic heterocycles. The van der Waals surface area contributed by atoms with Crippen LogP contribution < -0.4 is 5.73 Å². The van der Waals surface area contributed by atoms with Gasteiger partial charge in [0.05, 0.1) is 13.2 Å². The normalized spacial score (nSPS) is 7.35. The minimum absolute atomic E-state index is 0.312. The third-order valence-corrected chi connectivity index (χ3v) is 1.08. The first-order valence-corrected chi connectivity index (χ1v) is 5.19. The van der Waals surface area contributed by atoms with E-state index in [2.05, 4.69) is 28.4 Å². The summed E-state index contributed by atoms with van der Waals surface area (Å²) in [5, 5.41) is 0. The summed E-state index contributed by atoms with van der Waals surface area (Å²) in [7, 11) is 1.50. The van der Waals surface area contributed by atoms with E-state index < -0.39 is 0 Å². The van der Waals surface area contributed by atoms with Crippen LogP contribution in [0.3, 0.4) is 0 Å². The molecule has 100 valence electrons. The Balaban J connectivity index is -0.000000202. The SMILES string of the molecule is C=C(C)C(=O)OCC.C=CC(=O)OCC.CN. The second-order valence-corrected chi connectivity index (χ2v) is 2.46. The Morgan fingerprint density at radius 2 is 1.59 bits per heavy atom. The van der Waals surface area contributed by atoms with Crippen molar-refractivity contribution in [1.29, 1.82) is 0 Å². The van der Waals surface area contributed by atoms with Crippen molar-refractivity contribution in [3.63, 3.8) is 0 Å². The smallest absolute Gasteiger partial charge is 0.333 e. The van der Waals surface area contributed by atoms with Crippen molar-refractivity contribution >= 4 is 11.9 Å². The number of rotatable bonds is 4. The van der Waals surface area contributed by atoms with E-state index in [0.29, 0.717) is 18.8 Å². The van der Waals surface area contributed by atoms with Crippen LogP contribution in [0.25, 0.3) is 0 Å². The second kappa shape index (κ2) is 16.8. The summed E-state index contributed by atoms with van der Waals surface area (Å²) in [6.45, 7) is 12.6. The van der Waals surface area contributed by atoms with E-state index in [1.165, 1.54) is 7.05 Å². The molecule has 0 saturated heterocycles. The summed E-state index contributed by atoms with van der Waals surface area (Å²) in [4.78, 5) is 20.5. The van der Waals surface area contributed by atoms with Crippen molar-refractivity contribution in [3.8, 4) is 0 Å². The number of esters is 2. The van der Waals surface area contributed by atoms with Gasteiger partial charge in [0.1, 0.15) is 0 Å². The molecular weight excluding hydrogens is 222 g/mol. The Kier molecular flexibility index (Phi) is 20.5. The molecule has 0 fully saturated rings. The summed E-state index contributed by atoms with van der Waals surface area (Å²) in [6.07, 6.45) is 1.14. The van der Waals surface area contributed by atoms with Gasteiger partial charge in [-0.1, -0.05) is 13.2 Å². The number of nitrogens with two attached hydrogens (primary N) is 1. The highest BCUT2D eigenvalue weighted by molar-refractivity contribution is 5.86. The van der Waals surface area contributed by atoms with Crippen LogP contribution in [-0.4, -0.2) is 32.2 Å². The topological polar surface area (TPSA) is 78.6 Å². The minimum atomic E-state index is -0.359. The highest BCUT2D eigenvalue weighted by atomic mass is 16.5. The molecule has 0 saturated carbocycles. The first-order valence-electron chi connectivity index (χ1n) is 5.19. The average Bonchev–Trinajstić information content (AvgIpc) is 2.33. The molecule has 0 aromatic rings. The Hall–Kier alpha value is -1.62. The molecule has 0 spiro atoms. The van der Waals surface area contributed by atoms with Gasteiger partial charge in [0.15, 0.2) is 0 Å². The van der Waals surface area contributed by atoms with E-state index in [4.69, 9.17) is 0 Å². The molecule has 0 aliphatic carbocycles. The summed E-state index contributed by atoms with van der Waals surface area (Å²) in [6, 6.07) is 0. The highest BCUT2D eigenvalue weighted by Crippen LogP contribution is 1.89. The molecule has 5 nitrogen and oxygen atoms in total. The molecule has 0 bridgehead atoms. The fourth-order valence-electron chi connectivity index (χ4n) is 0.455. The lowest BCUT2D eigenvalue weighted by Crippen LogP contribution is -2.03. The standard InChI is InChI=1S/C6H10O2.C5H8O2.CH5N/c1-4-8-6(7)5(2)3;1-3-5(6)7-4-2;1-2/h2,4H2,1,3H3;3H,1,4H2,2H3;2H2,1H3. The zero-order valence-corrected chi connectivity index (χ0v) is 11.1. The van der Waals surface area contributed by atoms with Crippen LogP contribution in [0.15, 0.2) is 24.8 Å². The summed E-state index contributed by atoms with van der Waals surface area (Å²) < 4.78 is 9.00. The zero-order chi connectivity index (χ0) is 14.3. The van der Waals surface area contributed by atoms with Gasteiger partial charge in [0.25, 0.3) is 0 Å². The Morgan fingerprint density at radius 3 is 1.71 bits per heavy atom. The monoisotopic (exact) mass is 245 g/mol. The first kappa shape index (κ1) is 20.8. The van der Waals surface area contributed by atoms with Crippen LogP contribution in [0.5, 0.6) is 0 Å². The van der Waals surface area contributed by atoms with Crippen LogP contribution >= 0.6 is 0 Å². The first-order chi connectivity index (χ1) is 7.99. The fraction of sp³-hybridized carbons (Fsp3) is 0.500. The van der Waals surface area contributed by atoms with E-state index in [-0.39, 0.29) is 11.9 Å². The van der Waals surface area contributed by atoms with Gasteiger partial charge in [0.2, 0.25) is 0 Å². The second-order valence-electron chi connectivity index (χ2n) is 2.46.